The van der Waals surface area contributed by atoms with Crippen molar-refractivity contribution in [1.82, 2.24) is 14.5 Å². The van der Waals surface area contributed by atoms with Gasteiger partial charge in [0.15, 0.2) is 0 Å². The Morgan fingerprint density at radius 3 is 2.79 bits per heavy atom. The van der Waals surface area contributed by atoms with E-state index in [0.717, 1.165) is 23.4 Å². The summed E-state index contributed by atoms with van der Waals surface area (Å²) in [7, 11) is -4.03. The van der Waals surface area contributed by atoms with E-state index in [4.69, 9.17) is 5.14 Å². The fraction of sp³-hybridized carbons (Fsp3) is 0.684. The molecular formula is C19H31N5O4S. The third-order valence-electron chi connectivity index (χ3n) is 5.74. The van der Waals surface area contributed by atoms with Gasteiger partial charge in [0.25, 0.3) is 0 Å². The summed E-state index contributed by atoms with van der Waals surface area (Å²) in [6, 6.07) is 1.94. The van der Waals surface area contributed by atoms with Crippen molar-refractivity contribution in [2.24, 2.45) is 17.0 Å². The van der Waals surface area contributed by atoms with Crippen LogP contribution in [0.2, 0.25) is 0 Å². The number of aromatic nitrogens is 3. The lowest BCUT2D eigenvalue weighted by atomic mass is 9.89. The summed E-state index contributed by atoms with van der Waals surface area (Å²) in [4.78, 5) is 8.77. The van der Waals surface area contributed by atoms with Gasteiger partial charge in [0.2, 0.25) is 0 Å². The number of fused-ring (bicyclic) bond motifs is 1. The second kappa shape index (κ2) is 9.84. The molecule has 2 atom stereocenters. The van der Waals surface area contributed by atoms with E-state index in [1.807, 2.05) is 23.8 Å². The summed E-state index contributed by atoms with van der Waals surface area (Å²) < 4.78 is 28.6. The molecule has 0 radical (unpaired) electrons. The molecule has 10 heteroatoms. The molecule has 2 heterocycles. The van der Waals surface area contributed by atoms with Crippen LogP contribution in [0.1, 0.15) is 45.4 Å². The van der Waals surface area contributed by atoms with Crippen molar-refractivity contribution in [2.75, 3.05) is 18.5 Å². The Bertz CT molecular complexity index is 895. The molecule has 4 N–H and O–H groups in total. The van der Waals surface area contributed by atoms with Crippen LogP contribution in [0.5, 0.6) is 0 Å². The van der Waals surface area contributed by atoms with E-state index in [1.54, 1.807) is 0 Å². The average molecular weight is 426 g/mol. The number of aliphatic hydroxyl groups is 1. The Morgan fingerprint density at radius 2 is 2.10 bits per heavy atom. The number of hydrogen-bond acceptors (Lipinski definition) is 7. The fourth-order valence-corrected chi connectivity index (χ4v) is 4.32. The second-order valence-corrected chi connectivity index (χ2v) is 9.05. The van der Waals surface area contributed by atoms with E-state index >= 15 is 0 Å². The molecule has 0 saturated heterocycles. The Morgan fingerprint density at radius 1 is 1.34 bits per heavy atom. The van der Waals surface area contributed by atoms with E-state index in [2.05, 4.69) is 19.5 Å². The van der Waals surface area contributed by atoms with E-state index in [0.29, 0.717) is 12.3 Å². The Labute approximate surface area is 171 Å². The van der Waals surface area contributed by atoms with Crippen LogP contribution in [-0.4, -0.2) is 47.3 Å². The van der Waals surface area contributed by atoms with Crippen molar-refractivity contribution in [3.05, 3.63) is 18.6 Å². The van der Waals surface area contributed by atoms with Crippen molar-refractivity contribution in [3.63, 3.8) is 0 Å². The van der Waals surface area contributed by atoms with Gasteiger partial charge in [-0.3, -0.25) is 4.18 Å². The number of aliphatic hydroxyl groups excluding tert-OH is 1. The maximum atomic E-state index is 11.0. The quantitative estimate of drug-likeness (QED) is 0.530. The maximum absolute atomic E-state index is 11.0. The number of nitrogens with one attached hydrogen (secondary N) is 1. The molecule has 1 aliphatic rings. The first kappa shape index (κ1) is 21.9. The van der Waals surface area contributed by atoms with Crippen LogP contribution < -0.4 is 10.5 Å². The van der Waals surface area contributed by atoms with Crippen molar-refractivity contribution < 1.29 is 17.7 Å². The zero-order chi connectivity index (χ0) is 20.9. The molecular weight excluding hydrogens is 394 g/mol. The molecule has 2 aromatic heterocycles. The molecule has 0 spiro atoms. The number of nitrogens with two attached hydrogens (primary N) is 1. The lowest BCUT2D eigenvalue weighted by Crippen LogP contribution is -2.31. The molecule has 162 valence electrons. The highest BCUT2D eigenvalue weighted by molar-refractivity contribution is 7.84. The topological polar surface area (TPSA) is 132 Å². The van der Waals surface area contributed by atoms with Crippen LogP contribution in [0.4, 0.5) is 5.82 Å². The second-order valence-electron chi connectivity index (χ2n) is 7.83. The van der Waals surface area contributed by atoms with Crippen molar-refractivity contribution in [3.8, 4) is 0 Å². The first-order valence-electron chi connectivity index (χ1n) is 10.3. The fourth-order valence-electron chi connectivity index (χ4n) is 3.96. The average Bonchev–Trinajstić information content (AvgIpc) is 3.10. The minimum Gasteiger partial charge on any atom is -0.391 e. The normalized spacial score (nSPS) is 18.0. The van der Waals surface area contributed by atoms with E-state index in [9.17, 15) is 13.5 Å². The van der Waals surface area contributed by atoms with Gasteiger partial charge in [-0.15, -0.1) is 0 Å². The van der Waals surface area contributed by atoms with Gasteiger partial charge < -0.3 is 15.0 Å². The predicted molar refractivity (Wildman–Crippen MR) is 111 cm³/mol. The lowest BCUT2D eigenvalue weighted by Gasteiger charge is -2.22. The van der Waals surface area contributed by atoms with Gasteiger partial charge in [-0.2, -0.15) is 8.42 Å². The summed E-state index contributed by atoms with van der Waals surface area (Å²) in [5.41, 5.74) is 0.729. The highest BCUT2D eigenvalue weighted by atomic mass is 32.2. The summed E-state index contributed by atoms with van der Waals surface area (Å²) in [5, 5.41) is 19.8. The van der Waals surface area contributed by atoms with Gasteiger partial charge in [0, 0.05) is 18.7 Å². The van der Waals surface area contributed by atoms with Crippen molar-refractivity contribution in [2.45, 2.75) is 58.1 Å². The minimum atomic E-state index is -4.03. The van der Waals surface area contributed by atoms with Crippen LogP contribution in [0.15, 0.2) is 18.6 Å². The highest BCUT2D eigenvalue weighted by Gasteiger charge is 2.22. The van der Waals surface area contributed by atoms with E-state index < -0.39 is 16.4 Å². The number of rotatable bonds is 10. The summed E-state index contributed by atoms with van der Waals surface area (Å²) in [6.45, 7) is 2.89. The van der Waals surface area contributed by atoms with Crippen molar-refractivity contribution >= 4 is 27.2 Å². The largest absolute Gasteiger partial charge is 0.391 e. The molecule has 3 rings (SSSR count). The van der Waals surface area contributed by atoms with Gasteiger partial charge in [-0.25, -0.2) is 15.1 Å². The third kappa shape index (κ3) is 6.11. The summed E-state index contributed by atoms with van der Waals surface area (Å²) in [6.07, 6.45) is 9.59. The monoisotopic (exact) mass is 425 g/mol. The maximum Gasteiger partial charge on any atom is 0.333 e. The standard InChI is InChI=1S/C19H31N5O4S/c1-2-15(12-28-29(20,26)27)17(25)11-24-9-8-16-18(22-13-23-19(16)24)21-10-14-6-4-3-5-7-14/h8-9,13-15,17,25H,2-7,10-12H2,1H3,(H2,20,26,27)(H,21,22,23)/t15-,17-/m0/s1. The Kier molecular flexibility index (Phi) is 7.44. The molecule has 1 aliphatic carbocycles. The SMILES string of the molecule is CC[C@@H](COS(N)(=O)=O)[C@@H](O)Cn1ccc2c(NCC3CCCCC3)ncnc21. The molecule has 0 aromatic carbocycles. The van der Waals surface area contributed by atoms with E-state index in [1.165, 1.54) is 38.4 Å². The molecule has 1 fully saturated rings. The molecule has 0 unspecified atom stereocenters. The van der Waals surface area contributed by atoms with Gasteiger partial charge in [-0.1, -0.05) is 26.2 Å². The zero-order valence-electron chi connectivity index (χ0n) is 16.8. The minimum absolute atomic E-state index is 0.154. The van der Waals surface area contributed by atoms with Crippen LogP contribution in [0.3, 0.4) is 0 Å². The molecule has 29 heavy (non-hydrogen) atoms. The molecule has 0 aliphatic heterocycles. The van der Waals surface area contributed by atoms with Gasteiger partial charge in [-0.05, 0) is 31.2 Å². The zero-order valence-corrected chi connectivity index (χ0v) is 17.6. The Balaban J connectivity index is 1.67. The third-order valence-corrected chi connectivity index (χ3v) is 6.20. The molecule has 0 bridgehead atoms. The molecule has 2 aromatic rings. The lowest BCUT2D eigenvalue weighted by molar-refractivity contribution is 0.0616. The van der Waals surface area contributed by atoms with Crippen LogP contribution in [-0.2, 0) is 21.0 Å². The van der Waals surface area contributed by atoms with Gasteiger partial charge in [0.1, 0.15) is 17.8 Å². The molecule has 1 saturated carbocycles. The first-order valence-corrected chi connectivity index (χ1v) is 11.7. The number of hydrogen-bond donors (Lipinski definition) is 3. The highest BCUT2D eigenvalue weighted by Crippen LogP contribution is 2.26. The van der Waals surface area contributed by atoms with Crippen molar-refractivity contribution in [1.29, 1.82) is 0 Å². The van der Waals surface area contributed by atoms with Crippen LogP contribution in [0, 0.1) is 11.8 Å². The number of nitrogens with zero attached hydrogens (tertiary/aromatic N) is 3. The molecule has 0 amide bonds. The van der Waals surface area contributed by atoms with Crippen LogP contribution >= 0.6 is 0 Å². The van der Waals surface area contributed by atoms with Gasteiger partial charge >= 0.3 is 10.3 Å². The number of anilines is 1. The Hall–Kier alpha value is -1.75. The van der Waals surface area contributed by atoms with E-state index in [-0.39, 0.29) is 19.1 Å². The summed E-state index contributed by atoms with van der Waals surface area (Å²) >= 11 is 0. The smallest absolute Gasteiger partial charge is 0.333 e. The van der Waals surface area contributed by atoms with Gasteiger partial charge in [0.05, 0.1) is 24.6 Å². The predicted octanol–water partition coefficient (Wildman–Crippen LogP) is 2.03. The molecule has 9 nitrogen and oxygen atoms in total. The van der Waals surface area contributed by atoms with Crippen LogP contribution in [0.25, 0.3) is 11.0 Å². The first-order chi connectivity index (χ1) is 13.9. The summed E-state index contributed by atoms with van der Waals surface area (Å²) in [5.74, 6) is 1.12.